The van der Waals surface area contributed by atoms with Gasteiger partial charge in [-0.3, -0.25) is 0 Å². The van der Waals surface area contributed by atoms with E-state index in [9.17, 15) is 31.1 Å². The fourth-order valence-electron chi connectivity index (χ4n) is 2.41. The Kier molecular flexibility index (Phi) is 5.57. The van der Waals surface area contributed by atoms with Crippen LogP contribution in [0, 0.1) is 0 Å². The van der Waals surface area contributed by atoms with E-state index in [-0.39, 0.29) is 28.2 Å². The van der Waals surface area contributed by atoms with E-state index >= 15 is 0 Å². The van der Waals surface area contributed by atoms with Gasteiger partial charge in [-0.1, -0.05) is 11.6 Å². The maximum Gasteiger partial charge on any atom is 0.416 e. The number of halogens is 7. The van der Waals surface area contributed by atoms with Crippen molar-refractivity contribution in [3.63, 3.8) is 0 Å². The van der Waals surface area contributed by atoms with Crippen molar-refractivity contribution >= 4 is 29.0 Å². The molecule has 3 rings (SSSR count). The Morgan fingerprint density at radius 3 is 2.10 bits per heavy atom. The van der Waals surface area contributed by atoms with E-state index < -0.39 is 35.2 Å². The molecular formula is C16H9ClF6N6O. The van der Waals surface area contributed by atoms with Crippen LogP contribution in [-0.4, -0.2) is 26.7 Å². The number of aromatic nitrogens is 4. The summed E-state index contributed by atoms with van der Waals surface area (Å²) in [4.78, 5) is 12.2. The van der Waals surface area contributed by atoms with Gasteiger partial charge in [0, 0.05) is 16.3 Å². The number of H-pyrrole nitrogens is 1. The molecule has 0 radical (unpaired) electrons. The van der Waals surface area contributed by atoms with Crippen molar-refractivity contribution < 1.29 is 31.1 Å². The average Bonchev–Trinajstić information content (AvgIpc) is 3.16. The first-order valence-corrected chi connectivity index (χ1v) is 8.22. The molecule has 0 atom stereocenters. The largest absolute Gasteiger partial charge is 0.416 e. The highest BCUT2D eigenvalue weighted by atomic mass is 35.5. The van der Waals surface area contributed by atoms with Crippen LogP contribution in [-0.2, 0) is 12.4 Å². The highest BCUT2D eigenvalue weighted by Crippen LogP contribution is 2.37. The van der Waals surface area contributed by atoms with Crippen molar-refractivity contribution in [1.29, 1.82) is 0 Å². The zero-order valence-electron chi connectivity index (χ0n) is 14.4. The molecule has 0 saturated carbocycles. The number of nitrogens with zero attached hydrogens (tertiary/aromatic N) is 3. The maximum absolute atomic E-state index is 12.9. The van der Waals surface area contributed by atoms with Crippen LogP contribution in [0.2, 0.25) is 5.02 Å². The number of tetrazole rings is 1. The quantitative estimate of drug-likeness (QED) is 0.478. The van der Waals surface area contributed by atoms with E-state index in [0.717, 1.165) is 0 Å². The van der Waals surface area contributed by atoms with Gasteiger partial charge in [-0.2, -0.15) is 26.3 Å². The molecule has 1 aromatic heterocycles. The van der Waals surface area contributed by atoms with Crippen LogP contribution >= 0.6 is 11.6 Å². The van der Waals surface area contributed by atoms with Gasteiger partial charge in [-0.05, 0) is 46.8 Å². The molecule has 158 valence electrons. The summed E-state index contributed by atoms with van der Waals surface area (Å²) in [5.74, 6) is 0.117. The van der Waals surface area contributed by atoms with Crippen molar-refractivity contribution in [2.75, 3.05) is 10.6 Å². The minimum Gasteiger partial charge on any atom is -0.308 e. The van der Waals surface area contributed by atoms with Gasteiger partial charge in [0.1, 0.15) is 0 Å². The van der Waals surface area contributed by atoms with E-state index in [4.69, 9.17) is 11.6 Å². The molecule has 14 heteroatoms. The number of nitrogens with one attached hydrogen (secondary N) is 3. The van der Waals surface area contributed by atoms with Crippen LogP contribution in [0.15, 0.2) is 36.4 Å². The molecule has 0 bridgehead atoms. The van der Waals surface area contributed by atoms with Crippen molar-refractivity contribution in [2.45, 2.75) is 12.4 Å². The zero-order chi connectivity index (χ0) is 22.1. The van der Waals surface area contributed by atoms with Crippen LogP contribution in [0.3, 0.4) is 0 Å². The standard InChI is InChI=1S/C16H9ClF6N6O/c17-9-1-2-12(11(6-9)13-26-28-29-27-13)25-14(30)24-10-4-7(15(18,19)20)3-8(5-10)16(21,22)23/h1-6H,(H2,24,25,30)(H,26,27,28,29). The second-order valence-corrected chi connectivity index (χ2v) is 6.25. The molecule has 0 aliphatic heterocycles. The molecule has 2 aromatic carbocycles. The summed E-state index contributed by atoms with van der Waals surface area (Å²) in [6.07, 6.45) is -10.1. The Morgan fingerprint density at radius 1 is 0.933 bits per heavy atom. The number of carbonyl (C=O) groups excluding carboxylic acids is 1. The van der Waals surface area contributed by atoms with Crippen LogP contribution in [0.5, 0.6) is 0 Å². The van der Waals surface area contributed by atoms with Gasteiger partial charge in [0.25, 0.3) is 0 Å². The topological polar surface area (TPSA) is 95.6 Å². The van der Waals surface area contributed by atoms with Gasteiger partial charge >= 0.3 is 18.4 Å². The molecule has 0 saturated heterocycles. The lowest BCUT2D eigenvalue weighted by atomic mass is 10.1. The van der Waals surface area contributed by atoms with Gasteiger partial charge < -0.3 is 10.6 Å². The first-order chi connectivity index (χ1) is 13.9. The second-order valence-electron chi connectivity index (χ2n) is 5.81. The van der Waals surface area contributed by atoms with Crippen LogP contribution in [0.4, 0.5) is 42.5 Å². The van der Waals surface area contributed by atoms with Gasteiger partial charge in [0.05, 0.1) is 16.8 Å². The number of hydrogen-bond acceptors (Lipinski definition) is 4. The molecule has 0 spiro atoms. The minimum absolute atomic E-state index is 0.0444. The number of anilines is 2. The lowest BCUT2D eigenvalue weighted by molar-refractivity contribution is -0.143. The smallest absolute Gasteiger partial charge is 0.308 e. The van der Waals surface area contributed by atoms with E-state index in [1.807, 2.05) is 5.32 Å². The molecule has 0 unspecified atom stereocenters. The van der Waals surface area contributed by atoms with Crippen molar-refractivity contribution in [1.82, 2.24) is 20.6 Å². The number of amides is 2. The summed E-state index contributed by atoms with van der Waals surface area (Å²) in [6.45, 7) is 0. The molecule has 1 heterocycles. The van der Waals surface area contributed by atoms with Crippen LogP contribution in [0.1, 0.15) is 11.1 Å². The van der Waals surface area contributed by atoms with Crippen molar-refractivity contribution in [2.24, 2.45) is 0 Å². The summed E-state index contributed by atoms with van der Waals surface area (Å²) in [6, 6.07) is 3.78. The van der Waals surface area contributed by atoms with E-state index in [0.29, 0.717) is 12.1 Å². The first kappa shape index (κ1) is 21.4. The van der Waals surface area contributed by atoms with E-state index in [2.05, 4.69) is 25.9 Å². The normalized spacial score (nSPS) is 12.0. The minimum atomic E-state index is -5.04. The number of urea groups is 1. The number of hydrogen-bond donors (Lipinski definition) is 3. The third kappa shape index (κ3) is 4.97. The van der Waals surface area contributed by atoms with E-state index in [1.54, 1.807) is 0 Å². The fraction of sp³-hybridized carbons (Fsp3) is 0.125. The first-order valence-electron chi connectivity index (χ1n) is 7.84. The molecule has 2 amide bonds. The second kappa shape index (κ2) is 7.82. The predicted molar refractivity (Wildman–Crippen MR) is 93.7 cm³/mol. The molecule has 0 aliphatic rings. The average molecular weight is 451 g/mol. The molecule has 7 nitrogen and oxygen atoms in total. The number of carbonyl (C=O) groups is 1. The number of rotatable bonds is 3. The monoisotopic (exact) mass is 450 g/mol. The summed E-state index contributed by atoms with van der Waals surface area (Å²) in [5, 5.41) is 17.4. The highest BCUT2D eigenvalue weighted by molar-refractivity contribution is 6.31. The summed E-state index contributed by atoms with van der Waals surface area (Å²) in [5.41, 5.74) is -3.49. The molecular weight excluding hydrogens is 442 g/mol. The van der Waals surface area contributed by atoms with Crippen molar-refractivity contribution in [3.05, 3.63) is 52.5 Å². The Hall–Kier alpha value is -3.35. The third-order valence-electron chi connectivity index (χ3n) is 3.68. The predicted octanol–water partition coefficient (Wildman–Crippen LogP) is 5.20. The van der Waals surface area contributed by atoms with Crippen molar-refractivity contribution in [3.8, 4) is 11.4 Å². The Balaban J connectivity index is 1.89. The lowest BCUT2D eigenvalue weighted by Crippen LogP contribution is -2.21. The Labute approximate surface area is 168 Å². The van der Waals surface area contributed by atoms with Crippen LogP contribution in [0.25, 0.3) is 11.4 Å². The Bertz CT molecular complexity index is 1030. The summed E-state index contributed by atoms with van der Waals surface area (Å²) in [7, 11) is 0. The van der Waals surface area contributed by atoms with Gasteiger partial charge in [-0.15, -0.1) is 5.10 Å². The highest BCUT2D eigenvalue weighted by Gasteiger charge is 2.37. The molecule has 0 aliphatic carbocycles. The number of alkyl halides is 6. The van der Waals surface area contributed by atoms with Gasteiger partial charge in [0.2, 0.25) is 0 Å². The number of benzene rings is 2. The van der Waals surface area contributed by atoms with Crippen LogP contribution < -0.4 is 10.6 Å². The molecule has 3 N–H and O–H groups in total. The SMILES string of the molecule is O=C(Nc1cc(C(F)(F)F)cc(C(F)(F)F)c1)Nc1ccc(Cl)cc1-c1nnn[nH]1. The molecule has 3 aromatic rings. The third-order valence-corrected chi connectivity index (χ3v) is 3.91. The fourth-order valence-corrected chi connectivity index (χ4v) is 2.58. The summed E-state index contributed by atoms with van der Waals surface area (Å²) >= 11 is 5.90. The zero-order valence-corrected chi connectivity index (χ0v) is 15.1. The summed E-state index contributed by atoms with van der Waals surface area (Å²) < 4.78 is 77.6. The lowest BCUT2D eigenvalue weighted by Gasteiger charge is -2.15. The van der Waals surface area contributed by atoms with Gasteiger partial charge in [-0.25, -0.2) is 9.89 Å². The molecule has 0 fully saturated rings. The maximum atomic E-state index is 12.9. The Morgan fingerprint density at radius 2 is 1.57 bits per heavy atom. The molecule has 30 heavy (non-hydrogen) atoms. The van der Waals surface area contributed by atoms with E-state index in [1.165, 1.54) is 18.2 Å². The van der Waals surface area contributed by atoms with Gasteiger partial charge in [0.15, 0.2) is 5.82 Å². The number of aromatic amines is 1.